The van der Waals surface area contributed by atoms with Crippen molar-refractivity contribution in [3.63, 3.8) is 0 Å². The predicted octanol–water partition coefficient (Wildman–Crippen LogP) is 6.83. The highest BCUT2D eigenvalue weighted by Crippen LogP contribution is 2.48. The van der Waals surface area contributed by atoms with Gasteiger partial charge in [-0.15, -0.1) is 0 Å². The van der Waals surface area contributed by atoms with Gasteiger partial charge in [-0.2, -0.15) is 21.6 Å². The first-order valence-corrected chi connectivity index (χ1v) is 14.6. The average Bonchev–Trinajstić information content (AvgIpc) is 3.39. The summed E-state index contributed by atoms with van der Waals surface area (Å²) in [4.78, 5) is 20.9. The van der Waals surface area contributed by atoms with Gasteiger partial charge in [0, 0.05) is 27.6 Å². The third kappa shape index (κ3) is 5.05. The molecule has 1 aliphatic heterocycles. The van der Waals surface area contributed by atoms with Gasteiger partial charge in [0.2, 0.25) is 0 Å². The molecule has 1 aliphatic carbocycles. The van der Waals surface area contributed by atoms with Crippen LogP contribution in [0.15, 0.2) is 57.8 Å². The standard InChI is InChI=1S/C27H22BrF3N4O5S/c1-3-6-21-33-24-14(2)11-20(26(36)37)32-25(24)35(21)12-17-15-9-10-40-13-18(15)23(28)22(17)16-7-4-5-8-19(16)34-41(38,39)27(29,30)31/h4-5,7-11,13,34H,3,6,12H2,1-2H3,(H,36,37). The number of aromatic nitrogens is 3. The number of pyridine rings is 1. The molecule has 0 bridgehead atoms. The molecule has 9 nitrogen and oxygen atoms in total. The number of hydrogen-bond acceptors (Lipinski definition) is 6. The van der Waals surface area contributed by atoms with Gasteiger partial charge in [0.1, 0.15) is 11.3 Å². The second-order valence-electron chi connectivity index (χ2n) is 9.31. The van der Waals surface area contributed by atoms with E-state index in [1.54, 1.807) is 28.3 Å². The number of imidazole rings is 1. The molecule has 41 heavy (non-hydrogen) atoms. The van der Waals surface area contributed by atoms with E-state index in [0.717, 1.165) is 6.42 Å². The van der Waals surface area contributed by atoms with Crippen molar-refractivity contribution in [3.8, 4) is 22.3 Å². The number of sulfonamides is 1. The number of halogens is 4. The van der Waals surface area contributed by atoms with E-state index in [9.17, 15) is 31.5 Å². The van der Waals surface area contributed by atoms with Gasteiger partial charge in [0.15, 0.2) is 11.3 Å². The van der Waals surface area contributed by atoms with Crippen molar-refractivity contribution >= 4 is 48.8 Å². The molecule has 0 spiro atoms. The summed E-state index contributed by atoms with van der Waals surface area (Å²) >= 11 is 3.56. The highest BCUT2D eigenvalue weighted by Gasteiger charge is 2.46. The normalized spacial score (nSPS) is 12.3. The number of para-hydroxylation sites is 1. The third-order valence-electron chi connectivity index (χ3n) is 6.60. The van der Waals surface area contributed by atoms with Crippen LogP contribution in [0.3, 0.4) is 0 Å². The van der Waals surface area contributed by atoms with Crippen LogP contribution in [0.4, 0.5) is 18.9 Å². The van der Waals surface area contributed by atoms with Gasteiger partial charge in [-0.25, -0.2) is 14.8 Å². The molecule has 3 heterocycles. The highest BCUT2D eigenvalue weighted by atomic mass is 79.9. The number of aromatic carboxylic acids is 1. The minimum absolute atomic E-state index is 0.100. The number of carbonyl (C=O) groups is 1. The Hall–Kier alpha value is -3.91. The van der Waals surface area contributed by atoms with E-state index in [1.807, 2.05) is 6.92 Å². The van der Waals surface area contributed by atoms with E-state index >= 15 is 0 Å². The number of nitrogens with zero attached hydrogens (tertiary/aromatic N) is 3. The number of benzene rings is 1. The third-order valence-corrected chi connectivity index (χ3v) is 8.52. The second kappa shape index (κ2) is 10.5. The predicted molar refractivity (Wildman–Crippen MR) is 149 cm³/mol. The van der Waals surface area contributed by atoms with Crippen LogP contribution in [0.1, 0.15) is 40.8 Å². The molecule has 2 aromatic heterocycles. The number of aryl methyl sites for hydroxylation is 2. The van der Waals surface area contributed by atoms with Crippen LogP contribution in [-0.4, -0.2) is 39.5 Å². The summed E-state index contributed by atoms with van der Waals surface area (Å²) in [7, 11) is -5.71. The summed E-state index contributed by atoms with van der Waals surface area (Å²) < 4.78 is 73.3. The van der Waals surface area contributed by atoms with Gasteiger partial charge in [0.05, 0.1) is 24.8 Å². The van der Waals surface area contributed by atoms with Gasteiger partial charge < -0.3 is 14.1 Å². The van der Waals surface area contributed by atoms with E-state index in [2.05, 4.69) is 20.9 Å². The fourth-order valence-corrected chi connectivity index (χ4v) is 6.12. The molecule has 0 fully saturated rings. The summed E-state index contributed by atoms with van der Waals surface area (Å²) in [5, 5.41) is 9.63. The number of fused-ring (bicyclic) bond motifs is 2. The molecule has 1 aromatic carbocycles. The molecule has 2 N–H and O–H groups in total. The van der Waals surface area contributed by atoms with Gasteiger partial charge >= 0.3 is 21.5 Å². The monoisotopic (exact) mass is 650 g/mol. The van der Waals surface area contributed by atoms with Crippen LogP contribution < -0.4 is 4.72 Å². The Morgan fingerprint density at radius 1 is 1.15 bits per heavy atom. The van der Waals surface area contributed by atoms with Crippen molar-refractivity contribution in [3.05, 3.63) is 76.0 Å². The first kappa shape index (κ1) is 28.6. The topological polar surface area (TPSA) is 127 Å². The van der Waals surface area contributed by atoms with Crippen LogP contribution in [0.2, 0.25) is 0 Å². The number of hydrogen-bond donors (Lipinski definition) is 2. The SMILES string of the molecule is CCCc1nc2c(C)cc(C(=O)O)nc2n1Cc1c2ccocc-2c(Br)c1-c1ccccc1NS(=O)(=O)C(F)(F)F. The van der Waals surface area contributed by atoms with E-state index < -0.39 is 21.5 Å². The molecule has 14 heteroatoms. The Morgan fingerprint density at radius 2 is 1.88 bits per heavy atom. The Morgan fingerprint density at radius 3 is 2.56 bits per heavy atom. The van der Waals surface area contributed by atoms with Crippen LogP contribution in [-0.2, 0) is 23.0 Å². The van der Waals surface area contributed by atoms with Crippen LogP contribution in [0.25, 0.3) is 33.4 Å². The molecule has 0 radical (unpaired) electrons. The molecule has 2 aliphatic rings. The number of alkyl halides is 3. The number of anilines is 1. The maximum Gasteiger partial charge on any atom is 0.516 e. The summed E-state index contributed by atoms with van der Waals surface area (Å²) in [6.45, 7) is 3.81. The van der Waals surface area contributed by atoms with Crippen LogP contribution in [0, 0.1) is 6.92 Å². The number of rotatable bonds is 8. The zero-order valence-electron chi connectivity index (χ0n) is 21.6. The fourth-order valence-electron chi connectivity index (χ4n) is 4.78. The zero-order valence-corrected chi connectivity index (χ0v) is 24.0. The summed E-state index contributed by atoms with van der Waals surface area (Å²) in [5.41, 5.74) is -1.94. The molecule has 3 aromatic rings. The molecular formula is C27H22BrF3N4O5S. The van der Waals surface area contributed by atoms with Crippen LogP contribution in [0.5, 0.6) is 0 Å². The summed E-state index contributed by atoms with van der Waals surface area (Å²) in [5.74, 6) is -0.557. The Balaban J connectivity index is 1.77. The summed E-state index contributed by atoms with van der Waals surface area (Å²) in [6, 6.07) is 8.90. The Labute approximate surface area is 240 Å². The quantitative estimate of drug-likeness (QED) is 0.188. The molecule has 214 valence electrons. The molecule has 0 unspecified atom stereocenters. The van der Waals surface area contributed by atoms with Crippen molar-refractivity contribution in [2.24, 2.45) is 0 Å². The van der Waals surface area contributed by atoms with Crippen molar-refractivity contribution in [2.75, 3.05) is 4.72 Å². The number of nitrogens with one attached hydrogen (secondary N) is 1. The Kier molecular flexibility index (Phi) is 7.32. The molecule has 0 amide bonds. The lowest BCUT2D eigenvalue weighted by molar-refractivity contribution is -0.0429. The number of carboxylic acid groups (broad SMARTS) is 1. The summed E-state index contributed by atoms with van der Waals surface area (Å²) in [6.07, 6.45) is 4.20. The van der Waals surface area contributed by atoms with E-state index in [-0.39, 0.29) is 23.5 Å². The second-order valence-corrected chi connectivity index (χ2v) is 11.8. The lowest BCUT2D eigenvalue weighted by Crippen LogP contribution is -2.30. The molecule has 0 atom stereocenters. The molecular weight excluding hydrogens is 629 g/mol. The lowest BCUT2D eigenvalue weighted by Gasteiger charge is -2.16. The van der Waals surface area contributed by atoms with Crippen molar-refractivity contribution in [2.45, 2.75) is 38.7 Å². The molecule has 0 saturated heterocycles. The van der Waals surface area contributed by atoms with Crippen molar-refractivity contribution < 1.29 is 35.9 Å². The van der Waals surface area contributed by atoms with Crippen LogP contribution >= 0.6 is 15.9 Å². The maximum absolute atomic E-state index is 13.3. The first-order chi connectivity index (χ1) is 19.3. The van der Waals surface area contributed by atoms with E-state index in [4.69, 9.17) is 9.40 Å². The van der Waals surface area contributed by atoms with Gasteiger partial charge in [-0.1, -0.05) is 25.1 Å². The fraction of sp³-hybridized carbons (Fsp3) is 0.222. The first-order valence-electron chi connectivity index (χ1n) is 12.3. The lowest BCUT2D eigenvalue weighted by atomic mass is 10.0. The van der Waals surface area contributed by atoms with Crippen molar-refractivity contribution in [1.29, 1.82) is 0 Å². The minimum atomic E-state index is -5.71. The largest absolute Gasteiger partial charge is 0.516 e. The van der Waals surface area contributed by atoms with Crippen molar-refractivity contribution in [1.82, 2.24) is 14.5 Å². The van der Waals surface area contributed by atoms with Gasteiger partial charge in [-0.3, -0.25) is 4.72 Å². The maximum atomic E-state index is 13.3. The Bertz CT molecular complexity index is 1880. The molecule has 5 rings (SSSR count). The number of carboxylic acids is 1. The minimum Gasteiger partial charge on any atom is -0.477 e. The van der Waals surface area contributed by atoms with E-state index in [0.29, 0.717) is 55.7 Å². The smallest absolute Gasteiger partial charge is 0.477 e. The highest BCUT2D eigenvalue weighted by molar-refractivity contribution is 9.10. The van der Waals surface area contributed by atoms with E-state index in [1.165, 1.54) is 36.8 Å². The van der Waals surface area contributed by atoms with Gasteiger partial charge in [-0.05, 0) is 64.2 Å². The van der Waals surface area contributed by atoms with Gasteiger partial charge in [0.25, 0.3) is 0 Å². The average molecular weight is 651 g/mol. The zero-order chi connectivity index (χ0) is 29.7. The molecule has 0 saturated carbocycles.